The molecule has 0 N–H and O–H groups in total. The molecule has 1 saturated heterocycles. The summed E-state index contributed by atoms with van der Waals surface area (Å²) < 4.78 is 4.29. The lowest BCUT2D eigenvalue weighted by molar-refractivity contribution is 0.186. The van der Waals surface area contributed by atoms with Crippen molar-refractivity contribution in [2.24, 2.45) is 5.92 Å². The number of rotatable bonds is 3. The number of nitrogens with zero attached hydrogens (tertiary/aromatic N) is 4. The molecule has 0 atom stereocenters. The third kappa shape index (κ3) is 2.83. The monoisotopic (exact) mass is 266 g/mol. The molecule has 0 unspecified atom stereocenters. The predicted octanol–water partition coefficient (Wildman–Crippen LogP) is 2.16. The Labute approximate surface area is 113 Å². The van der Waals surface area contributed by atoms with Gasteiger partial charge in [-0.15, -0.1) is 0 Å². The maximum absolute atomic E-state index is 4.50. The largest absolute Gasteiger partial charge is 0.346 e. The molecule has 5 heteroatoms. The molecule has 1 saturated carbocycles. The Morgan fingerprint density at radius 1 is 1.17 bits per heavy atom. The van der Waals surface area contributed by atoms with Crippen LogP contribution in [0.1, 0.15) is 31.5 Å². The van der Waals surface area contributed by atoms with Gasteiger partial charge in [0.25, 0.3) is 0 Å². The van der Waals surface area contributed by atoms with Gasteiger partial charge in [-0.2, -0.15) is 4.37 Å². The Kier molecular flexibility index (Phi) is 3.80. The minimum Gasteiger partial charge on any atom is -0.346 e. The van der Waals surface area contributed by atoms with Crippen LogP contribution in [0.2, 0.25) is 0 Å². The molecule has 18 heavy (non-hydrogen) atoms. The van der Waals surface area contributed by atoms with Crippen LogP contribution in [-0.4, -0.2) is 47.0 Å². The molecule has 0 bridgehead atoms. The zero-order valence-corrected chi connectivity index (χ0v) is 12.0. The van der Waals surface area contributed by atoms with E-state index in [9.17, 15) is 0 Å². The molecule has 100 valence electrons. The highest BCUT2D eigenvalue weighted by molar-refractivity contribution is 7.09. The Hall–Kier alpha value is -0.680. The minimum absolute atomic E-state index is 0.908. The van der Waals surface area contributed by atoms with Gasteiger partial charge >= 0.3 is 0 Å². The van der Waals surface area contributed by atoms with Gasteiger partial charge in [-0.25, -0.2) is 4.98 Å². The van der Waals surface area contributed by atoms with E-state index >= 15 is 0 Å². The lowest BCUT2D eigenvalue weighted by Crippen LogP contribution is -2.35. The van der Waals surface area contributed by atoms with Crippen molar-refractivity contribution in [1.29, 1.82) is 0 Å². The van der Waals surface area contributed by atoms with E-state index in [1.165, 1.54) is 45.3 Å². The average molecular weight is 266 g/mol. The van der Waals surface area contributed by atoms with Crippen LogP contribution in [0.25, 0.3) is 0 Å². The molecule has 4 nitrogen and oxygen atoms in total. The van der Waals surface area contributed by atoms with Crippen molar-refractivity contribution in [3.8, 4) is 0 Å². The Morgan fingerprint density at radius 3 is 2.72 bits per heavy atom. The molecular weight excluding hydrogens is 244 g/mol. The van der Waals surface area contributed by atoms with Gasteiger partial charge in [-0.05, 0) is 38.6 Å². The number of hydrogen-bond acceptors (Lipinski definition) is 5. The summed E-state index contributed by atoms with van der Waals surface area (Å²) in [7, 11) is 0. The first-order valence-corrected chi connectivity index (χ1v) is 7.86. The number of hydrogen-bond donors (Lipinski definition) is 0. The molecule has 1 aromatic heterocycles. The summed E-state index contributed by atoms with van der Waals surface area (Å²) in [5, 5.41) is 1.11. The zero-order chi connectivity index (χ0) is 12.4. The summed E-state index contributed by atoms with van der Waals surface area (Å²) in [5.41, 5.74) is 0. The molecule has 1 aliphatic heterocycles. The van der Waals surface area contributed by atoms with E-state index in [-0.39, 0.29) is 0 Å². The predicted molar refractivity (Wildman–Crippen MR) is 75.3 cm³/mol. The first kappa shape index (κ1) is 12.4. The summed E-state index contributed by atoms with van der Waals surface area (Å²) >= 11 is 1.54. The molecule has 2 aliphatic rings. The minimum atomic E-state index is 0.908. The highest BCUT2D eigenvalue weighted by Gasteiger charge is 2.23. The fourth-order valence-electron chi connectivity index (χ4n) is 2.80. The molecule has 0 spiro atoms. The van der Waals surface area contributed by atoms with Gasteiger partial charge in [0.15, 0.2) is 0 Å². The maximum atomic E-state index is 4.50. The van der Waals surface area contributed by atoms with E-state index in [0.717, 1.165) is 30.0 Å². The Bertz CT molecular complexity index is 388. The van der Waals surface area contributed by atoms with Gasteiger partial charge in [-0.3, -0.25) is 0 Å². The summed E-state index contributed by atoms with van der Waals surface area (Å²) in [5.74, 6) is 1.89. The van der Waals surface area contributed by atoms with E-state index < -0.39 is 0 Å². The van der Waals surface area contributed by atoms with Gasteiger partial charge in [-0.1, -0.05) is 6.42 Å². The van der Waals surface area contributed by atoms with Crippen LogP contribution < -0.4 is 4.90 Å². The third-order valence-corrected chi connectivity index (χ3v) is 4.99. The molecular formula is C13H22N4S. The van der Waals surface area contributed by atoms with Crippen LogP contribution in [0.3, 0.4) is 0 Å². The van der Waals surface area contributed by atoms with Gasteiger partial charge < -0.3 is 9.80 Å². The topological polar surface area (TPSA) is 32.3 Å². The van der Waals surface area contributed by atoms with Crippen molar-refractivity contribution in [2.45, 2.75) is 32.6 Å². The number of aryl methyl sites for hydroxylation is 1. The van der Waals surface area contributed by atoms with E-state index in [1.54, 1.807) is 11.5 Å². The van der Waals surface area contributed by atoms with E-state index in [0.29, 0.717) is 0 Å². The summed E-state index contributed by atoms with van der Waals surface area (Å²) in [6.45, 7) is 7.99. The Morgan fingerprint density at radius 2 is 2.06 bits per heavy atom. The molecule has 0 radical (unpaired) electrons. The second kappa shape index (κ2) is 5.53. The van der Waals surface area contributed by atoms with E-state index in [2.05, 4.69) is 19.2 Å². The quantitative estimate of drug-likeness (QED) is 0.839. The van der Waals surface area contributed by atoms with Crippen LogP contribution >= 0.6 is 11.5 Å². The molecule has 0 aromatic carbocycles. The number of aromatic nitrogens is 2. The van der Waals surface area contributed by atoms with Gasteiger partial charge in [0.05, 0.1) is 0 Å². The van der Waals surface area contributed by atoms with Crippen molar-refractivity contribution in [1.82, 2.24) is 14.3 Å². The second-order valence-electron chi connectivity index (χ2n) is 5.56. The average Bonchev–Trinajstić information content (AvgIpc) is 2.61. The summed E-state index contributed by atoms with van der Waals surface area (Å²) in [6.07, 6.45) is 5.62. The SMILES string of the molecule is Cc1nsc(N2CCCN(CC3CCC3)CC2)n1. The van der Waals surface area contributed by atoms with Crippen molar-refractivity contribution >= 4 is 16.7 Å². The summed E-state index contributed by atoms with van der Waals surface area (Å²) in [6, 6.07) is 0. The molecule has 2 fully saturated rings. The smallest absolute Gasteiger partial charge is 0.205 e. The van der Waals surface area contributed by atoms with Gasteiger partial charge in [0.1, 0.15) is 5.82 Å². The molecule has 3 rings (SSSR count). The first-order chi connectivity index (χ1) is 8.81. The molecule has 1 aromatic rings. The molecule has 1 aliphatic carbocycles. The van der Waals surface area contributed by atoms with Crippen molar-refractivity contribution in [3.63, 3.8) is 0 Å². The van der Waals surface area contributed by atoms with Crippen LogP contribution in [0.5, 0.6) is 0 Å². The zero-order valence-electron chi connectivity index (χ0n) is 11.1. The van der Waals surface area contributed by atoms with Gasteiger partial charge in [0.2, 0.25) is 5.13 Å². The van der Waals surface area contributed by atoms with E-state index in [4.69, 9.17) is 0 Å². The molecule has 0 amide bonds. The van der Waals surface area contributed by atoms with Crippen LogP contribution in [0, 0.1) is 12.8 Å². The molecule has 2 heterocycles. The van der Waals surface area contributed by atoms with Crippen molar-refractivity contribution < 1.29 is 0 Å². The highest BCUT2D eigenvalue weighted by atomic mass is 32.1. The Balaban J connectivity index is 1.54. The van der Waals surface area contributed by atoms with Crippen molar-refractivity contribution in [2.75, 3.05) is 37.6 Å². The van der Waals surface area contributed by atoms with Crippen LogP contribution in [0.15, 0.2) is 0 Å². The fraction of sp³-hybridized carbons (Fsp3) is 0.846. The van der Waals surface area contributed by atoms with Crippen molar-refractivity contribution in [3.05, 3.63) is 5.82 Å². The van der Waals surface area contributed by atoms with Crippen LogP contribution in [0.4, 0.5) is 5.13 Å². The van der Waals surface area contributed by atoms with Gasteiger partial charge in [0, 0.05) is 37.7 Å². The third-order valence-electron chi connectivity index (χ3n) is 4.12. The van der Waals surface area contributed by atoms with Crippen LogP contribution in [-0.2, 0) is 0 Å². The van der Waals surface area contributed by atoms with E-state index in [1.807, 2.05) is 6.92 Å². The summed E-state index contributed by atoms with van der Waals surface area (Å²) in [4.78, 5) is 9.56. The lowest BCUT2D eigenvalue weighted by Gasteiger charge is -2.31. The first-order valence-electron chi connectivity index (χ1n) is 7.09. The second-order valence-corrected chi connectivity index (χ2v) is 6.29. The fourth-order valence-corrected chi connectivity index (χ4v) is 3.53. The maximum Gasteiger partial charge on any atom is 0.205 e. The normalized spacial score (nSPS) is 22.8. The lowest BCUT2D eigenvalue weighted by atomic mass is 9.85. The number of anilines is 1. The highest BCUT2D eigenvalue weighted by Crippen LogP contribution is 2.27. The standard InChI is InChI=1S/C13H22N4S/c1-11-14-13(18-15-11)17-7-3-6-16(8-9-17)10-12-4-2-5-12/h12H,2-10H2,1H3.